The lowest BCUT2D eigenvalue weighted by atomic mass is 10.3. The molecule has 19 heavy (non-hydrogen) atoms. The van der Waals surface area contributed by atoms with E-state index in [1.807, 2.05) is 0 Å². The zero-order chi connectivity index (χ0) is 14.8. The Kier molecular flexibility index (Phi) is 4.83. The fraction of sp³-hybridized carbons (Fsp3) is 0.400. The number of hydrogen-bond acceptors (Lipinski definition) is 5. The average Bonchev–Trinajstić information content (AvgIpc) is 2.11. The fourth-order valence-electron chi connectivity index (χ4n) is 1.58. The zero-order valence-electron chi connectivity index (χ0n) is 10.4. The maximum atomic E-state index is 12.0. The van der Waals surface area contributed by atoms with Gasteiger partial charge in [0.25, 0.3) is 0 Å². The molecular formula is C10H15ClN2O4S2. The van der Waals surface area contributed by atoms with Crippen LogP contribution in [0.25, 0.3) is 0 Å². The van der Waals surface area contributed by atoms with Crippen molar-refractivity contribution in [2.45, 2.75) is 17.9 Å². The molecule has 1 unspecified atom stereocenters. The third kappa shape index (κ3) is 4.98. The SMILES string of the molecule is CC(CS(C)(=O)=O)NS(=O)(=O)c1ccc(Cl)cc1N. The van der Waals surface area contributed by atoms with Crippen LogP contribution in [-0.2, 0) is 19.9 Å². The molecule has 0 aliphatic rings. The summed E-state index contributed by atoms with van der Waals surface area (Å²) in [4.78, 5) is -0.128. The first-order valence-electron chi connectivity index (χ1n) is 5.26. The number of nitrogens with one attached hydrogen (secondary N) is 1. The molecule has 0 saturated carbocycles. The topological polar surface area (TPSA) is 106 Å². The molecule has 108 valence electrons. The van der Waals surface area contributed by atoms with Crippen molar-refractivity contribution < 1.29 is 16.8 Å². The van der Waals surface area contributed by atoms with Crippen molar-refractivity contribution in [3.8, 4) is 0 Å². The van der Waals surface area contributed by atoms with Gasteiger partial charge in [0.2, 0.25) is 10.0 Å². The fourth-order valence-corrected chi connectivity index (χ4v) is 4.21. The Bertz CT molecular complexity index is 671. The number of rotatable bonds is 5. The van der Waals surface area contributed by atoms with Crippen LogP contribution in [0.3, 0.4) is 0 Å². The minimum Gasteiger partial charge on any atom is -0.398 e. The van der Waals surface area contributed by atoms with E-state index in [2.05, 4.69) is 4.72 Å². The van der Waals surface area contributed by atoms with Gasteiger partial charge in [0, 0.05) is 17.3 Å². The van der Waals surface area contributed by atoms with E-state index in [1.165, 1.54) is 25.1 Å². The van der Waals surface area contributed by atoms with Crippen LogP contribution in [0.15, 0.2) is 23.1 Å². The van der Waals surface area contributed by atoms with Gasteiger partial charge in [-0.05, 0) is 25.1 Å². The van der Waals surface area contributed by atoms with E-state index in [-0.39, 0.29) is 16.3 Å². The van der Waals surface area contributed by atoms with Gasteiger partial charge in [0.05, 0.1) is 11.4 Å². The van der Waals surface area contributed by atoms with Crippen molar-refractivity contribution in [3.63, 3.8) is 0 Å². The smallest absolute Gasteiger partial charge is 0.242 e. The summed E-state index contributed by atoms with van der Waals surface area (Å²) in [6.07, 6.45) is 1.04. The molecule has 1 aromatic rings. The minimum atomic E-state index is -3.88. The summed E-state index contributed by atoms with van der Waals surface area (Å²) in [5.74, 6) is -0.292. The summed E-state index contributed by atoms with van der Waals surface area (Å²) in [7, 11) is -7.15. The molecule has 0 aromatic heterocycles. The molecule has 0 aliphatic heterocycles. The normalized spacial score (nSPS) is 14.3. The second-order valence-electron chi connectivity index (χ2n) is 4.30. The molecular weight excluding hydrogens is 312 g/mol. The molecule has 9 heteroatoms. The van der Waals surface area contributed by atoms with Gasteiger partial charge in [-0.1, -0.05) is 11.6 Å². The van der Waals surface area contributed by atoms with E-state index in [4.69, 9.17) is 17.3 Å². The predicted octanol–water partition coefficient (Wildman–Crippen LogP) is 0.634. The van der Waals surface area contributed by atoms with E-state index < -0.39 is 25.9 Å². The Labute approximate surface area is 117 Å². The second-order valence-corrected chi connectivity index (χ2v) is 8.60. The molecule has 3 N–H and O–H groups in total. The second kappa shape index (κ2) is 5.66. The van der Waals surface area contributed by atoms with Gasteiger partial charge in [0.1, 0.15) is 14.7 Å². The maximum absolute atomic E-state index is 12.0. The molecule has 0 bridgehead atoms. The van der Waals surface area contributed by atoms with E-state index >= 15 is 0 Å². The number of nitrogens with two attached hydrogens (primary N) is 1. The molecule has 1 atom stereocenters. The van der Waals surface area contributed by atoms with Gasteiger partial charge in [-0.2, -0.15) is 0 Å². The minimum absolute atomic E-state index is 0.00607. The highest BCUT2D eigenvalue weighted by Crippen LogP contribution is 2.22. The third-order valence-corrected chi connectivity index (χ3v) is 5.17. The summed E-state index contributed by atoms with van der Waals surface area (Å²) < 4.78 is 48.5. The Hall–Kier alpha value is -0.830. The standard InChI is InChI=1S/C10H15ClN2O4S2/c1-7(6-18(2,14)15)13-19(16,17)10-4-3-8(11)5-9(10)12/h3-5,7,13H,6,12H2,1-2H3. The van der Waals surface area contributed by atoms with Crippen LogP contribution in [0.2, 0.25) is 5.02 Å². The Morgan fingerprint density at radius 3 is 2.37 bits per heavy atom. The van der Waals surface area contributed by atoms with Crippen LogP contribution >= 0.6 is 11.6 Å². The zero-order valence-corrected chi connectivity index (χ0v) is 12.8. The van der Waals surface area contributed by atoms with Crippen LogP contribution in [0.1, 0.15) is 6.92 Å². The van der Waals surface area contributed by atoms with Crippen molar-refractivity contribution in [2.24, 2.45) is 0 Å². The van der Waals surface area contributed by atoms with Crippen LogP contribution in [-0.4, -0.2) is 34.9 Å². The quantitative estimate of drug-likeness (QED) is 0.772. The first-order chi connectivity index (χ1) is 8.51. The first-order valence-corrected chi connectivity index (χ1v) is 9.18. The predicted molar refractivity (Wildman–Crippen MR) is 75.4 cm³/mol. The number of hydrogen-bond donors (Lipinski definition) is 2. The monoisotopic (exact) mass is 326 g/mol. The van der Waals surface area contributed by atoms with Crippen molar-refractivity contribution in [1.29, 1.82) is 0 Å². The molecule has 0 fully saturated rings. The van der Waals surface area contributed by atoms with Gasteiger partial charge in [-0.15, -0.1) is 0 Å². The number of sulfonamides is 1. The van der Waals surface area contributed by atoms with Crippen LogP contribution in [0, 0.1) is 0 Å². The highest BCUT2D eigenvalue weighted by atomic mass is 35.5. The lowest BCUT2D eigenvalue weighted by Crippen LogP contribution is -2.37. The van der Waals surface area contributed by atoms with Gasteiger partial charge in [0.15, 0.2) is 0 Å². The Morgan fingerprint density at radius 2 is 1.89 bits per heavy atom. The summed E-state index contributed by atoms with van der Waals surface area (Å²) in [6, 6.07) is 3.23. The lowest BCUT2D eigenvalue weighted by molar-refractivity contribution is 0.565. The van der Waals surface area contributed by atoms with Gasteiger partial charge in [-0.25, -0.2) is 21.6 Å². The van der Waals surface area contributed by atoms with E-state index in [0.29, 0.717) is 5.02 Å². The van der Waals surface area contributed by atoms with Gasteiger partial charge >= 0.3 is 0 Å². The number of benzene rings is 1. The van der Waals surface area contributed by atoms with Crippen LogP contribution < -0.4 is 10.5 Å². The molecule has 0 radical (unpaired) electrons. The first kappa shape index (κ1) is 16.2. The third-order valence-electron chi connectivity index (χ3n) is 2.17. The molecule has 1 rings (SSSR count). The van der Waals surface area contributed by atoms with E-state index in [0.717, 1.165) is 6.26 Å². The molecule has 0 saturated heterocycles. The Morgan fingerprint density at radius 1 is 1.32 bits per heavy atom. The number of halogens is 1. The Balaban J connectivity index is 2.99. The summed E-state index contributed by atoms with van der Waals surface area (Å²) in [5, 5.41) is 0.320. The lowest BCUT2D eigenvalue weighted by Gasteiger charge is -2.14. The number of nitrogen functional groups attached to an aromatic ring is 1. The highest BCUT2D eigenvalue weighted by Gasteiger charge is 2.22. The van der Waals surface area contributed by atoms with Crippen LogP contribution in [0.5, 0.6) is 0 Å². The molecule has 0 aliphatic carbocycles. The van der Waals surface area contributed by atoms with Crippen molar-refractivity contribution in [1.82, 2.24) is 4.72 Å². The van der Waals surface area contributed by atoms with E-state index in [1.54, 1.807) is 0 Å². The molecule has 6 nitrogen and oxygen atoms in total. The molecule has 0 spiro atoms. The average molecular weight is 327 g/mol. The molecule has 1 aromatic carbocycles. The highest BCUT2D eigenvalue weighted by molar-refractivity contribution is 7.91. The summed E-state index contributed by atoms with van der Waals surface area (Å²) in [5.41, 5.74) is 5.59. The van der Waals surface area contributed by atoms with Crippen molar-refractivity contribution in [2.75, 3.05) is 17.7 Å². The molecule has 0 amide bonds. The van der Waals surface area contributed by atoms with Crippen LogP contribution in [0.4, 0.5) is 5.69 Å². The van der Waals surface area contributed by atoms with Crippen molar-refractivity contribution in [3.05, 3.63) is 23.2 Å². The van der Waals surface area contributed by atoms with Gasteiger partial charge in [-0.3, -0.25) is 0 Å². The van der Waals surface area contributed by atoms with Gasteiger partial charge < -0.3 is 5.73 Å². The summed E-state index contributed by atoms with van der Waals surface area (Å²) >= 11 is 5.69. The number of sulfone groups is 1. The van der Waals surface area contributed by atoms with Crippen molar-refractivity contribution >= 4 is 37.1 Å². The maximum Gasteiger partial charge on any atom is 0.242 e. The number of anilines is 1. The largest absolute Gasteiger partial charge is 0.398 e. The summed E-state index contributed by atoms with van der Waals surface area (Å²) in [6.45, 7) is 1.46. The van der Waals surface area contributed by atoms with E-state index in [9.17, 15) is 16.8 Å². The molecule has 0 heterocycles.